The maximum Gasteiger partial charge on any atom is 0.434 e. The van der Waals surface area contributed by atoms with Crippen molar-refractivity contribution in [3.63, 3.8) is 0 Å². The van der Waals surface area contributed by atoms with Crippen molar-refractivity contribution in [3.05, 3.63) is 47.3 Å². The molecule has 158 valence electrons. The number of nitrogens with one attached hydrogen (secondary N) is 1. The van der Waals surface area contributed by atoms with Crippen molar-refractivity contribution >= 4 is 5.91 Å². The van der Waals surface area contributed by atoms with Crippen LogP contribution in [0.2, 0.25) is 0 Å². The molecule has 0 atom stereocenters. The molecule has 0 saturated carbocycles. The summed E-state index contributed by atoms with van der Waals surface area (Å²) >= 11 is 0. The summed E-state index contributed by atoms with van der Waals surface area (Å²) in [5.41, 5.74) is -0.822. The van der Waals surface area contributed by atoms with E-state index in [9.17, 15) is 18.0 Å². The zero-order valence-corrected chi connectivity index (χ0v) is 16.7. The Labute approximate surface area is 167 Å². The predicted octanol–water partition coefficient (Wildman–Crippen LogP) is 3.04. The van der Waals surface area contributed by atoms with E-state index in [1.165, 1.54) is 0 Å². The van der Waals surface area contributed by atoms with E-state index < -0.39 is 28.9 Å². The number of hydrogen-bond donors (Lipinski definition) is 1. The average molecular weight is 410 g/mol. The van der Waals surface area contributed by atoms with Gasteiger partial charge in [-0.1, -0.05) is 17.7 Å². The molecule has 29 heavy (non-hydrogen) atoms. The third-order valence-corrected chi connectivity index (χ3v) is 5.11. The number of rotatable bonds is 5. The number of morpholine rings is 1. The number of amides is 1. The topological polar surface area (TPSA) is 59.4 Å². The summed E-state index contributed by atoms with van der Waals surface area (Å²) in [6.07, 6.45) is -3.76. The predicted molar refractivity (Wildman–Crippen MR) is 102 cm³/mol. The monoisotopic (exact) mass is 410 g/mol. The number of nitrogens with zero attached hydrogens (tertiary/aromatic N) is 3. The lowest BCUT2D eigenvalue weighted by atomic mass is 10.0. The lowest BCUT2D eigenvalue weighted by Gasteiger charge is -2.40. The highest BCUT2D eigenvalue weighted by Gasteiger charge is 2.41. The van der Waals surface area contributed by atoms with Crippen molar-refractivity contribution in [1.82, 2.24) is 20.0 Å². The number of carbonyl (C=O) groups is 1. The number of carbonyl (C=O) groups excluding carboxylic acids is 1. The van der Waals surface area contributed by atoms with E-state index in [0.29, 0.717) is 26.3 Å². The summed E-state index contributed by atoms with van der Waals surface area (Å²) in [6, 6.07) is 6.48. The number of ether oxygens (including phenoxy) is 1. The summed E-state index contributed by atoms with van der Waals surface area (Å²) in [7, 11) is 0. The number of benzene rings is 1. The van der Waals surface area contributed by atoms with Gasteiger partial charge in [-0.2, -0.15) is 18.3 Å². The molecule has 1 amide bonds. The number of halogens is 3. The van der Waals surface area contributed by atoms with E-state index in [4.69, 9.17) is 4.74 Å². The second kappa shape index (κ2) is 8.16. The second-order valence-corrected chi connectivity index (χ2v) is 7.75. The molecule has 9 heteroatoms. The molecule has 0 unspecified atom stereocenters. The molecule has 2 heterocycles. The van der Waals surface area contributed by atoms with Gasteiger partial charge < -0.3 is 10.1 Å². The summed E-state index contributed by atoms with van der Waals surface area (Å²) < 4.78 is 47.4. The van der Waals surface area contributed by atoms with Gasteiger partial charge in [0.2, 0.25) is 0 Å². The van der Waals surface area contributed by atoms with Crippen molar-refractivity contribution in [2.75, 3.05) is 32.8 Å². The number of hydrogen-bond acceptors (Lipinski definition) is 4. The SMILES string of the molecule is Cc1ccc(-n2ncc(C(=O)NCC(C)(C)N3CCOCC3)c2C(F)(F)F)cc1. The zero-order chi connectivity index (χ0) is 21.2. The van der Waals surface area contributed by atoms with Crippen molar-refractivity contribution in [1.29, 1.82) is 0 Å². The average Bonchev–Trinajstić information content (AvgIpc) is 3.13. The molecule has 1 aliphatic heterocycles. The van der Waals surface area contributed by atoms with Crippen LogP contribution in [0, 0.1) is 6.92 Å². The number of aromatic nitrogens is 2. The van der Waals surface area contributed by atoms with Crippen LogP contribution in [0.4, 0.5) is 13.2 Å². The van der Waals surface area contributed by atoms with Gasteiger partial charge in [0.15, 0.2) is 5.69 Å². The van der Waals surface area contributed by atoms with Crippen LogP contribution in [0.5, 0.6) is 0 Å². The third-order valence-electron chi connectivity index (χ3n) is 5.11. The van der Waals surface area contributed by atoms with E-state index in [2.05, 4.69) is 15.3 Å². The van der Waals surface area contributed by atoms with Crippen LogP contribution in [0.3, 0.4) is 0 Å². The summed E-state index contributed by atoms with van der Waals surface area (Å²) in [5, 5.41) is 6.49. The molecule has 0 spiro atoms. The Morgan fingerprint density at radius 2 is 1.79 bits per heavy atom. The molecule has 1 N–H and O–H groups in total. The number of aryl methyl sites for hydroxylation is 1. The Morgan fingerprint density at radius 1 is 1.17 bits per heavy atom. The van der Waals surface area contributed by atoms with Gasteiger partial charge in [0.1, 0.15) is 0 Å². The molecule has 1 aromatic carbocycles. The molecule has 0 bridgehead atoms. The maximum absolute atomic E-state index is 13.8. The van der Waals surface area contributed by atoms with E-state index in [0.717, 1.165) is 16.4 Å². The maximum atomic E-state index is 13.8. The fourth-order valence-electron chi connectivity index (χ4n) is 3.34. The van der Waals surface area contributed by atoms with Gasteiger partial charge >= 0.3 is 6.18 Å². The molecule has 0 aliphatic carbocycles. The van der Waals surface area contributed by atoms with E-state index >= 15 is 0 Å². The highest BCUT2D eigenvalue weighted by atomic mass is 19.4. The molecule has 6 nitrogen and oxygen atoms in total. The van der Waals surface area contributed by atoms with E-state index in [-0.39, 0.29) is 12.2 Å². The minimum absolute atomic E-state index is 0.207. The van der Waals surface area contributed by atoms with Crippen LogP contribution < -0.4 is 5.32 Å². The Bertz CT molecular complexity index is 854. The summed E-state index contributed by atoms with van der Waals surface area (Å²) in [4.78, 5) is 14.8. The van der Waals surface area contributed by atoms with Crippen molar-refractivity contribution < 1.29 is 22.7 Å². The molecule has 1 aromatic heterocycles. The largest absolute Gasteiger partial charge is 0.434 e. The van der Waals surface area contributed by atoms with Gasteiger partial charge in [0.25, 0.3) is 5.91 Å². The fraction of sp³-hybridized carbons (Fsp3) is 0.500. The van der Waals surface area contributed by atoms with Gasteiger partial charge in [-0.25, -0.2) is 4.68 Å². The quantitative estimate of drug-likeness (QED) is 0.823. The van der Waals surface area contributed by atoms with Gasteiger partial charge in [-0.3, -0.25) is 9.69 Å². The first-order chi connectivity index (χ1) is 13.6. The van der Waals surface area contributed by atoms with Crippen LogP contribution in [-0.4, -0.2) is 59.0 Å². The van der Waals surface area contributed by atoms with Crippen molar-refractivity contribution in [2.24, 2.45) is 0 Å². The standard InChI is InChI=1S/C20H25F3N4O2/c1-14-4-6-15(7-5-14)27-17(20(21,22)23)16(12-25-27)18(28)24-13-19(2,3)26-8-10-29-11-9-26/h4-7,12H,8-11,13H2,1-3H3,(H,24,28). The summed E-state index contributed by atoms with van der Waals surface area (Å²) in [5.74, 6) is -0.794. The van der Waals surface area contributed by atoms with Gasteiger partial charge in [-0.05, 0) is 32.9 Å². The first kappa shape index (κ1) is 21.3. The van der Waals surface area contributed by atoms with Crippen molar-refractivity contribution in [2.45, 2.75) is 32.5 Å². The van der Waals surface area contributed by atoms with Crippen LogP contribution in [0.15, 0.2) is 30.5 Å². The first-order valence-corrected chi connectivity index (χ1v) is 9.43. The van der Waals surface area contributed by atoms with Gasteiger partial charge in [-0.15, -0.1) is 0 Å². The van der Waals surface area contributed by atoms with E-state index in [1.54, 1.807) is 24.3 Å². The minimum atomic E-state index is -4.73. The Balaban J connectivity index is 1.82. The van der Waals surface area contributed by atoms with E-state index in [1.807, 2.05) is 20.8 Å². The Kier molecular flexibility index (Phi) is 6.00. The van der Waals surface area contributed by atoms with Crippen LogP contribution in [0.1, 0.15) is 35.5 Å². The molecular weight excluding hydrogens is 385 g/mol. The van der Waals surface area contributed by atoms with Gasteiger partial charge in [0.05, 0.1) is 30.7 Å². The Morgan fingerprint density at radius 3 is 2.38 bits per heavy atom. The first-order valence-electron chi connectivity index (χ1n) is 9.43. The lowest BCUT2D eigenvalue weighted by molar-refractivity contribution is -0.143. The molecular formula is C20H25F3N4O2. The highest BCUT2D eigenvalue weighted by Crippen LogP contribution is 2.33. The third kappa shape index (κ3) is 4.79. The lowest BCUT2D eigenvalue weighted by Crippen LogP contribution is -2.55. The molecule has 2 aromatic rings. The molecule has 0 radical (unpaired) electrons. The highest BCUT2D eigenvalue weighted by molar-refractivity contribution is 5.95. The molecule has 3 rings (SSSR count). The number of alkyl halides is 3. The normalized spacial score (nSPS) is 16.1. The zero-order valence-electron chi connectivity index (χ0n) is 16.7. The van der Waals surface area contributed by atoms with Crippen molar-refractivity contribution in [3.8, 4) is 5.69 Å². The minimum Gasteiger partial charge on any atom is -0.379 e. The van der Waals surface area contributed by atoms with Crippen LogP contribution >= 0.6 is 0 Å². The van der Waals surface area contributed by atoms with Gasteiger partial charge in [0, 0.05) is 25.2 Å². The molecule has 1 aliphatic rings. The molecule has 1 saturated heterocycles. The fourth-order valence-corrected chi connectivity index (χ4v) is 3.34. The molecule has 1 fully saturated rings. The van der Waals surface area contributed by atoms with Crippen LogP contribution in [0.25, 0.3) is 5.69 Å². The summed E-state index contributed by atoms with van der Waals surface area (Å²) in [6.45, 7) is 8.55. The smallest absolute Gasteiger partial charge is 0.379 e. The Hall–Kier alpha value is -2.39. The second-order valence-electron chi connectivity index (χ2n) is 7.75. The van der Waals surface area contributed by atoms with Crippen LogP contribution in [-0.2, 0) is 10.9 Å².